The highest BCUT2D eigenvalue weighted by atomic mass is 79.9. The molecule has 0 fully saturated rings. The van der Waals surface area contributed by atoms with E-state index in [-0.39, 0.29) is 11.9 Å². The molecule has 1 aromatic heterocycles. The summed E-state index contributed by atoms with van der Waals surface area (Å²) in [7, 11) is 0. The van der Waals surface area contributed by atoms with Crippen LogP contribution in [0.1, 0.15) is 24.2 Å². The fraction of sp³-hybridized carbons (Fsp3) is 0.214. The van der Waals surface area contributed by atoms with Gasteiger partial charge in [0.15, 0.2) is 0 Å². The largest absolute Gasteiger partial charge is 0.377 e. The van der Waals surface area contributed by atoms with E-state index in [0.717, 1.165) is 20.5 Å². The third-order valence-corrected chi connectivity index (χ3v) is 3.78. The summed E-state index contributed by atoms with van der Waals surface area (Å²) >= 11 is 6.68. The number of rotatable bonds is 3. The Bertz CT molecular complexity index is 602. The van der Waals surface area contributed by atoms with Crippen molar-refractivity contribution in [3.63, 3.8) is 0 Å². The number of hydrogen-bond donors (Lipinski definition) is 1. The summed E-state index contributed by atoms with van der Waals surface area (Å²) in [6, 6.07) is 8.59. The Morgan fingerprint density at radius 1 is 1.21 bits per heavy atom. The standard InChI is InChI=1S/C14H13Br2FN2/c1-8(11-7-10(15)3-4-12(11)17)18-13-5-6-14(16)19-9(13)2/h3-8,18H,1-2H3. The van der Waals surface area contributed by atoms with Gasteiger partial charge in [0.05, 0.1) is 17.4 Å². The summed E-state index contributed by atoms with van der Waals surface area (Å²) < 4.78 is 15.5. The van der Waals surface area contributed by atoms with E-state index >= 15 is 0 Å². The maximum Gasteiger partial charge on any atom is 0.128 e. The second-order valence-electron chi connectivity index (χ2n) is 4.30. The van der Waals surface area contributed by atoms with Gasteiger partial charge in [0.1, 0.15) is 10.4 Å². The van der Waals surface area contributed by atoms with Crippen molar-refractivity contribution in [3.8, 4) is 0 Å². The van der Waals surface area contributed by atoms with Crippen LogP contribution in [0.2, 0.25) is 0 Å². The average Bonchev–Trinajstić information content (AvgIpc) is 2.35. The molecule has 5 heteroatoms. The number of anilines is 1. The maximum absolute atomic E-state index is 13.8. The number of hydrogen-bond acceptors (Lipinski definition) is 2. The van der Waals surface area contributed by atoms with Gasteiger partial charge in [-0.1, -0.05) is 15.9 Å². The van der Waals surface area contributed by atoms with Crippen molar-refractivity contribution in [3.05, 3.63) is 56.5 Å². The third-order valence-electron chi connectivity index (χ3n) is 2.85. The van der Waals surface area contributed by atoms with E-state index < -0.39 is 0 Å². The van der Waals surface area contributed by atoms with Crippen molar-refractivity contribution in [2.75, 3.05) is 5.32 Å². The third kappa shape index (κ3) is 3.54. The molecule has 0 spiro atoms. The van der Waals surface area contributed by atoms with Gasteiger partial charge in [0.2, 0.25) is 0 Å². The second-order valence-corrected chi connectivity index (χ2v) is 6.03. The summed E-state index contributed by atoms with van der Waals surface area (Å²) in [5, 5.41) is 3.28. The highest BCUT2D eigenvalue weighted by Gasteiger charge is 2.12. The van der Waals surface area contributed by atoms with Crippen LogP contribution in [0, 0.1) is 12.7 Å². The van der Waals surface area contributed by atoms with Crippen molar-refractivity contribution >= 4 is 37.5 Å². The first kappa shape index (κ1) is 14.5. The predicted octanol–water partition coefficient (Wildman–Crippen LogP) is 5.23. The van der Waals surface area contributed by atoms with E-state index in [9.17, 15) is 4.39 Å². The monoisotopic (exact) mass is 386 g/mol. The zero-order valence-electron chi connectivity index (χ0n) is 10.5. The molecule has 100 valence electrons. The summed E-state index contributed by atoms with van der Waals surface area (Å²) in [6.45, 7) is 3.84. The SMILES string of the molecule is Cc1nc(Br)ccc1NC(C)c1cc(Br)ccc1F. The lowest BCUT2D eigenvalue weighted by Crippen LogP contribution is -2.10. The molecule has 1 unspecified atom stereocenters. The van der Waals surface area contributed by atoms with Crippen molar-refractivity contribution in [2.45, 2.75) is 19.9 Å². The highest BCUT2D eigenvalue weighted by Crippen LogP contribution is 2.26. The quantitative estimate of drug-likeness (QED) is 0.729. The fourth-order valence-electron chi connectivity index (χ4n) is 1.84. The lowest BCUT2D eigenvalue weighted by atomic mass is 10.1. The van der Waals surface area contributed by atoms with Crippen molar-refractivity contribution in [1.82, 2.24) is 4.98 Å². The Balaban J connectivity index is 2.25. The molecular weight excluding hydrogens is 375 g/mol. The van der Waals surface area contributed by atoms with Gasteiger partial charge in [0, 0.05) is 10.0 Å². The first-order valence-corrected chi connectivity index (χ1v) is 7.40. The minimum Gasteiger partial charge on any atom is -0.377 e. The van der Waals surface area contributed by atoms with Gasteiger partial charge in [-0.25, -0.2) is 9.37 Å². The molecule has 0 radical (unpaired) electrons. The summed E-state index contributed by atoms with van der Waals surface area (Å²) in [5.74, 6) is -0.217. The number of halogens is 3. The minimum absolute atomic E-state index is 0.140. The molecule has 1 heterocycles. The zero-order valence-corrected chi connectivity index (χ0v) is 13.7. The maximum atomic E-state index is 13.8. The van der Waals surface area contributed by atoms with Crippen LogP contribution < -0.4 is 5.32 Å². The smallest absolute Gasteiger partial charge is 0.128 e. The number of aryl methyl sites for hydroxylation is 1. The van der Waals surface area contributed by atoms with Gasteiger partial charge in [-0.05, 0) is 60.1 Å². The molecule has 0 saturated carbocycles. The molecule has 0 aliphatic carbocycles. The molecule has 2 nitrogen and oxygen atoms in total. The Labute approximate surface area is 128 Å². The van der Waals surface area contributed by atoms with Crippen LogP contribution in [0.3, 0.4) is 0 Å². The zero-order chi connectivity index (χ0) is 14.0. The lowest BCUT2D eigenvalue weighted by Gasteiger charge is -2.18. The van der Waals surface area contributed by atoms with Gasteiger partial charge in [-0.2, -0.15) is 0 Å². The molecule has 2 aromatic rings. The molecule has 1 aromatic carbocycles. The molecule has 0 saturated heterocycles. The summed E-state index contributed by atoms with van der Waals surface area (Å²) in [4.78, 5) is 4.31. The average molecular weight is 388 g/mol. The molecular formula is C14H13Br2FN2. The van der Waals surface area contributed by atoms with Gasteiger partial charge >= 0.3 is 0 Å². The fourth-order valence-corrected chi connectivity index (χ4v) is 2.62. The van der Waals surface area contributed by atoms with Crippen LogP contribution in [0.25, 0.3) is 0 Å². The summed E-state index contributed by atoms with van der Waals surface area (Å²) in [6.07, 6.45) is 0. The van der Waals surface area contributed by atoms with Crippen LogP contribution in [-0.4, -0.2) is 4.98 Å². The number of aromatic nitrogens is 1. The van der Waals surface area contributed by atoms with Crippen molar-refractivity contribution < 1.29 is 4.39 Å². The molecule has 0 bridgehead atoms. The van der Waals surface area contributed by atoms with Crippen LogP contribution >= 0.6 is 31.9 Å². The molecule has 0 aliphatic rings. The van der Waals surface area contributed by atoms with Crippen molar-refractivity contribution in [2.24, 2.45) is 0 Å². The number of nitrogens with zero attached hydrogens (tertiary/aromatic N) is 1. The Morgan fingerprint density at radius 2 is 1.95 bits per heavy atom. The Kier molecular flexibility index (Phi) is 4.58. The van der Waals surface area contributed by atoms with Gasteiger partial charge in [0.25, 0.3) is 0 Å². The number of pyridine rings is 1. The molecule has 1 atom stereocenters. The number of benzene rings is 1. The van der Waals surface area contributed by atoms with Crippen LogP contribution in [0.4, 0.5) is 10.1 Å². The van der Waals surface area contributed by atoms with E-state index in [0.29, 0.717) is 5.56 Å². The van der Waals surface area contributed by atoms with Gasteiger partial charge < -0.3 is 5.32 Å². The lowest BCUT2D eigenvalue weighted by molar-refractivity contribution is 0.600. The van der Waals surface area contributed by atoms with E-state index in [1.807, 2.05) is 26.0 Å². The normalized spacial score (nSPS) is 12.3. The van der Waals surface area contributed by atoms with Crippen molar-refractivity contribution in [1.29, 1.82) is 0 Å². The molecule has 19 heavy (non-hydrogen) atoms. The molecule has 2 rings (SSSR count). The highest BCUT2D eigenvalue weighted by molar-refractivity contribution is 9.10. The van der Waals surface area contributed by atoms with E-state index in [1.165, 1.54) is 6.07 Å². The first-order valence-electron chi connectivity index (χ1n) is 5.82. The van der Waals surface area contributed by atoms with E-state index in [4.69, 9.17) is 0 Å². The molecule has 0 amide bonds. The summed E-state index contributed by atoms with van der Waals surface area (Å²) in [5.41, 5.74) is 2.39. The Hall–Kier alpha value is -0.940. The van der Waals surface area contributed by atoms with Crippen LogP contribution in [0.5, 0.6) is 0 Å². The van der Waals surface area contributed by atoms with Gasteiger partial charge in [-0.15, -0.1) is 0 Å². The van der Waals surface area contributed by atoms with Crippen LogP contribution in [-0.2, 0) is 0 Å². The second kappa shape index (κ2) is 6.01. The minimum atomic E-state index is -0.217. The predicted molar refractivity (Wildman–Crippen MR) is 82.8 cm³/mol. The topological polar surface area (TPSA) is 24.9 Å². The van der Waals surface area contributed by atoms with Gasteiger partial charge in [-0.3, -0.25) is 0 Å². The van der Waals surface area contributed by atoms with E-state index in [2.05, 4.69) is 42.2 Å². The van der Waals surface area contributed by atoms with E-state index in [1.54, 1.807) is 12.1 Å². The number of nitrogens with one attached hydrogen (secondary N) is 1. The molecule has 1 N–H and O–H groups in total. The molecule has 0 aliphatic heterocycles. The Morgan fingerprint density at radius 3 is 2.63 bits per heavy atom. The first-order chi connectivity index (χ1) is 8.97. The van der Waals surface area contributed by atoms with Crippen LogP contribution in [0.15, 0.2) is 39.4 Å².